The first-order chi connectivity index (χ1) is 13.1. The largest absolute Gasteiger partial charge is 0.385 e. The zero-order valence-corrected chi connectivity index (χ0v) is 16.1. The molecule has 0 amide bonds. The molecule has 0 saturated carbocycles. The molecular weight excluding hydrogens is 334 g/mol. The van der Waals surface area contributed by atoms with Crippen molar-refractivity contribution in [2.45, 2.75) is 6.92 Å². The second-order valence-electron chi connectivity index (χ2n) is 6.34. The smallest absolute Gasteiger partial charge is 0.169 e. The Morgan fingerprint density at radius 2 is 1.44 bits per heavy atom. The lowest BCUT2D eigenvalue weighted by Gasteiger charge is -2.14. The zero-order valence-electron chi connectivity index (χ0n) is 16.1. The van der Waals surface area contributed by atoms with Crippen molar-refractivity contribution in [2.24, 2.45) is 12.1 Å². The first-order valence-corrected chi connectivity index (χ1v) is 9.08. The molecule has 2 N–H and O–H groups in total. The van der Waals surface area contributed by atoms with Gasteiger partial charge in [0, 0.05) is 48.4 Å². The molecule has 27 heavy (non-hydrogen) atoms. The molecule has 2 aromatic carbocycles. The summed E-state index contributed by atoms with van der Waals surface area (Å²) < 4.78 is 2.00. The zero-order chi connectivity index (χ0) is 19.1. The van der Waals surface area contributed by atoms with Gasteiger partial charge in [-0.3, -0.25) is 5.01 Å². The average Bonchev–Trinajstić information content (AvgIpc) is 2.70. The van der Waals surface area contributed by atoms with Crippen molar-refractivity contribution in [3.8, 4) is 0 Å². The summed E-state index contributed by atoms with van der Waals surface area (Å²) in [6.07, 6.45) is 5.87. The van der Waals surface area contributed by atoms with Gasteiger partial charge in [-0.15, -0.1) is 0 Å². The van der Waals surface area contributed by atoms with Crippen LogP contribution in [0.2, 0.25) is 0 Å². The highest BCUT2D eigenvalue weighted by atomic mass is 15.4. The van der Waals surface area contributed by atoms with Crippen molar-refractivity contribution >= 4 is 29.0 Å². The summed E-state index contributed by atoms with van der Waals surface area (Å²) in [5, 5.41) is 13.1. The normalized spacial score (nSPS) is 10.8. The number of hydrogen-bond acceptors (Lipinski definition) is 4. The third-order valence-corrected chi connectivity index (χ3v) is 4.18. The Morgan fingerprint density at radius 1 is 0.889 bits per heavy atom. The molecule has 1 heterocycles. The minimum Gasteiger partial charge on any atom is -0.385 e. The number of anilines is 4. The SMILES string of the molecule is CCNc1ccc(Nc2ccc(N(C)/N=C/c3cc[n+](C)cc3)cc2)cc1. The topological polar surface area (TPSA) is 43.5 Å². The maximum atomic E-state index is 4.51. The summed E-state index contributed by atoms with van der Waals surface area (Å²) in [4.78, 5) is 0. The summed E-state index contributed by atoms with van der Waals surface area (Å²) in [5.41, 5.74) is 5.33. The number of rotatable bonds is 7. The first-order valence-electron chi connectivity index (χ1n) is 9.08. The predicted molar refractivity (Wildman–Crippen MR) is 114 cm³/mol. The lowest BCUT2D eigenvalue weighted by molar-refractivity contribution is -0.671. The highest BCUT2D eigenvalue weighted by Crippen LogP contribution is 2.22. The van der Waals surface area contributed by atoms with Crippen molar-refractivity contribution in [3.63, 3.8) is 0 Å². The van der Waals surface area contributed by atoms with Gasteiger partial charge in [-0.25, -0.2) is 4.57 Å². The number of pyridine rings is 1. The van der Waals surface area contributed by atoms with Crippen LogP contribution >= 0.6 is 0 Å². The fourth-order valence-corrected chi connectivity index (χ4v) is 2.62. The number of hydrogen-bond donors (Lipinski definition) is 2. The molecule has 138 valence electrons. The van der Waals surface area contributed by atoms with Gasteiger partial charge in [-0.2, -0.15) is 5.10 Å². The van der Waals surface area contributed by atoms with E-state index in [1.54, 1.807) is 0 Å². The monoisotopic (exact) mass is 360 g/mol. The number of aryl methyl sites for hydroxylation is 1. The molecule has 0 unspecified atom stereocenters. The van der Waals surface area contributed by atoms with Gasteiger partial charge < -0.3 is 10.6 Å². The number of nitrogens with zero attached hydrogens (tertiary/aromatic N) is 3. The standard InChI is InChI=1S/C22H25N5/c1-4-23-19-5-7-20(8-6-19)25-21-9-11-22(12-10-21)27(3)24-17-18-13-15-26(2)16-14-18/h5-17,24H,4H2,1-3H3/p+1. The molecule has 0 aliphatic heterocycles. The summed E-state index contributed by atoms with van der Waals surface area (Å²) in [5.74, 6) is 0. The second kappa shape index (κ2) is 8.85. The Balaban J connectivity index is 1.61. The quantitative estimate of drug-likeness (QED) is 0.378. The van der Waals surface area contributed by atoms with E-state index >= 15 is 0 Å². The van der Waals surface area contributed by atoms with E-state index in [4.69, 9.17) is 0 Å². The van der Waals surface area contributed by atoms with Crippen LogP contribution in [-0.2, 0) is 7.05 Å². The third kappa shape index (κ3) is 5.31. The Labute approximate surface area is 161 Å². The van der Waals surface area contributed by atoms with Crippen LogP contribution in [0.1, 0.15) is 12.5 Å². The van der Waals surface area contributed by atoms with E-state index in [9.17, 15) is 0 Å². The minimum absolute atomic E-state index is 0.924. The summed E-state index contributed by atoms with van der Waals surface area (Å²) >= 11 is 0. The fraction of sp³-hybridized carbons (Fsp3) is 0.182. The average molecular weight is 360 g/mol. The van der Waals surface area contributed by atoms with Gasteiger partial charge in [0.1, 0.15) is 7.05 Å². The Morgan fingerprint density at radius 3 is 2.04 bits per heavy atom. The molecule has 3 aromatic rings. The summed E-state index contributed by atoms with van der Waals surface area (Å²) in [7, 11) is 3.94. The van der Waals surface area contributed by atoms with Crippen LogP contribution in [0.4, 0.5) is 22.7 Å². The van der Waals surface area contributed by atoms with Crippen molar-refractivity contribution in [1.29, 1.82) is 0 Å². The third-order valence-electron chi connectivity index (χ3n) is 4.18. The van der Waals surface area contributed by atoms with E-state index in [1.807, 2.05) is 54.4 Å². The maximum Gasteiger partial charge on any atom is 0.169 e. The van der Waals surface area contributed by atoms with Gasteiger partial charge in [-0.05, 0) is 55.5 Å². The van der Waals surface area contributed by atoms with Crippen LogP contribution in [-0.4, -0.2) is 19.8 Å². The number of aromatic nitrogens is 1. The molecule has 5 nitrogen and oxygen atoms in total. The van der Waals surface area contributed by atoms with Crippen LogP contribution in [0.25, 0.3) is 0 Å². The summed E-state index contributed by atoms with van der Waals surface area (Å²) in [6.45, 7) is 3.02. The van der Waals surface area contributed by atoms with Crippen molar-refractivity contribution < 1.29 is 4.57 Å². The lowest BCUT2D eigenvalue weighted by atomic mass is 10.2. The van der Waals surface area contributed by atoms with E-state index in [0.29, 0.717) is 0 Å². The van der Waals surface area contributed by atoms with E-state index in [-0.39, 0.29) is 0 Å². The number of benzene rings is 2. The van der Waals surface area contributed by atoms with E-state index in [0.717, 1.165) is 34.9 Å². The van der Waals surface area contributed by atoms with Gasteiger partial charge in [-0.1, -0.05) is 0 Å². The maximum absolute atomic E-state index is 4.51. The van der Waals surface area contributed by atoms with Gasteiger partial charge in [0.15, 0.2) is 12.4 Å². The number of nitrogens with one attached hydrogen (secondary N) is 2. The Hall–Kier alpha value is -3.34. The summed E-state index contributed by atoms with van der Waals surface area (Å²) in [6, 6.07) is 20.6. The Kier molecular flexibility index (Phi) is 6.05. The van der Waals surface area contributed by atoms with Crippen LogP contribution in [0.5, 0.6) is 0 Å². The van der Waals surface area contributed by atoms with Gasteiger partial charge in [0.05, 0.1) is 11.9 Å². The molecule has 0 spiro atoms. The second-order valence-corrected chi connectivity index (χ2v) is 6.34. The van der Waals surface area contributed by atoms with Gasteiger partial charge >= 0.3 is 0 Å². The van der Waals surface area contributed by atoms with E-state index in [1.165, 1.54) is 0 Å². The first kappa shape index (κ1) is 18.5. The van der Waals surface area contributed by atoms with E-state index in [2.05, 4.69) is 71.2 Å². The highest BCUT2D eigenvalue weighted by Gasteiger charge is 2.00. The molecule has 0 bridgehead atoms. The van der Waals surface area contributed by atoms with Crippen molar-refractivity contribution in [2.75, 3.05) is 29.2 Å². The van der Waals surface area contributed by atoms with Gasteiger partial charge in [0.25, 0.3) is 0 Å². The molecular formula is C22H26N5+. The number of hydrazone groups is 1. The van der Waals surface area contributed by atoms with E-state index < -0.39 is 0 Å². The molecule has 3 rings (SSSR count). The van der Waals surface area contributed by atoms with Crippen molar-refractivity contribution in [1.82, 2.24) is 0 Å². The minimum atomic E-state index is 0.924. The molecule has 0 aliphatic carbocycles. The molecule has 1 aromatic heterocycles. The Bertz CT molecular complexity index is 868. The molecule has 0 fully saturated rings. The van der Waals surface area contributed by atoms with Crippen LogP contribution in [0, 0.1) is 0 Å². The fourth-order valence-electron chi connectivity index (χ4n) is 2.62. The molecule has 0 atom stereocenters. The van der Waals surface area contributed by atoms with Crippen LogP contribution in [0.15, 0.2) is 78.2 Å². The molecule has 5 heteroatoms. The predicted octanol–water partition coefficient (Wildman–Crippen LogP) is 4.16. The highest BCUT2D eigenvalue weighted by molar-refractivity contribution is 5.80. The van der Waals surface area contributed by atoms with Gasteiger partial charge in [0.2, 0.25) is 0 Å². The van der Waals surface area contributed by atoms with Crippen molar-refractivity contribution in [3.05, 3.63) is 78.6 Å². The van der Waals surface area contributed by atoms with Crippen LogP contribution in [0.3, 0.4) is 0 Å². The lowest BCUT2D eigenvalue weighted by Crippen LogP contribution is -2.25. The van der Waals surface area contributed by atoms with Crippen LogP contribution < -0.4 is 20.2 Å². The molecule has 0 saturated heterocycles. The molecule has 0 aliphatic rings. The molecule has 0 radical (unpaired) electrons.